The van der Waals surface area contributed by atoms with Crippen LogP contribution < -0.4 is 22.9 Å². The lowest BCUT2D eigenvalue weighted by Crippen LogP contribution is -2.15. The van der Waals surface area contributed by atoms with E-state index in [0.29, 0.717) is 25.9 Å². The quantitative estimate of drug-likeness (QED) is 0.289. The van der Waals surface area contributed by atoms with E-state index in [1.165, 1.54) is 0 Å². The Morgan fingerprint density at radius 2 is 1.12 bits per heavy atom. The Morgan fingerprint density at radius 1 is 0.938 bits per heavy atom. The number of carbonyl (C=O) groups is 2. The highest BCUT2D eigenvalue weighted by atomic mass is 31.1. The van der Waals surface area contributed by atoms with Gasteiger partial charge >= 0.3 is 8.25 Å². The minimum atomic E-state index is -3.13. The average molecular weight is 258 g/mol. The maximum Gasteiger partial charge on any atom is 0.314 e. The van der Waals surface area contributed by atoms with Gasteiger partial charge in [-0.1, -0.05) is 0 Å². The summed E-state index contributed by atoms with van der Waals surface area (Å²) in [5.41, 5.74) is 19.2. The highest BCUT2D eigenvalue weighted by molar-refractivity contribution is 7.30. The molecular formula is C6H19N4O5P. The Morgan fingerprint density at radius 3 is 1.12 bits per heavy atom. The molecular weight excluding hydrogens is 239 g/mol. The third-order valence-corrected chi connectivity index (χ3v) is 0.781. The summed E-state index contributed by atoms with van der Waals surface area (Å²) >= 11 is 0. The van der Waals surface area contributed by atoms with Crippen molar-refractivity contribution >= 4 is 20.1 Å². The van der Waals surface area contributed by atoms with Gasteiger partial charge in [0, 0.05) is 25.9 Å². The monoisotopic (exact) mass is 258 g/mol. The number of amides is 2. The summed E-state index contributed by atoms with van der Waals surface area (Å²) in [6.07, 6.45) is 0.583. The van der Waals surface area contributed by atoms with E-state index in [2.05, 4.69) is 11.5 Å². The lowest BCUT2D eigenvalue weighted by molar-refractivity contribution is -0.118. The van der Waals surface area contributed by atoms with E-state index in [1.807, 2.05) is 0 Å². The van der Waals surface area contributed by atoms with Gasteiger partial charge in [0.25, 0.3) is 0 Å². The molecule has 0 rings (SSSR count). The summed E-state index contributed by atoms with van der Waals surface area (Å²) in [4.78, 5) is 33.8. The highest BCUT2D eigenvalue weighted by Crippen LogP contribution is 1.98. The standard InChI is InChI=1S/2C3H8N2O.H3O3P/c2*4-2-1-3(5)6;1-4(2)3/h2*1-2,4H2,(H2,5,6);4H,(H2,1,2,3). The number of rotatable bonds is 4. The van der Waals surface area contributed by atoms with Crippen LogP contribution in [0, 0.1) is 0 Å². The molecule has 0 bridgehead atoms. The fraction of sp³-hybridized carbons (Fsp3) is 0.667. The van der Waals surface area contributed by atoms with Crippen molar-refractivity contribution in [1.82, 2.24) is 0 Å². The van der Waals surface area contributed by atoms with Crippen molar-refractivity contribution in [1.29, 1.82) is 0 Å². The molecule has 0 heterocycles. The Labute approximate surface area is 93.7 Å². The molecule has 2 amide bonds. The van der Waals surface area contributed by atoms with Gasteiger partial charge in [0.05, 0.1) is 0 Å². The molecule has 16 heavy (non-hydrogen) atoms. The van der Waals surface area contributed by atoms with Gasteiger partial charge in [0.2, 0.25) is 11.8 Å². The van der Waals surface area contributed by atoms with Crippen LogP contribution in [0.4, 0.5) is 0 Å². The van der Waals surface area contributed by atoms with Crippen molar-refractivity contribution in [3.8, 4) is 0 Å². The van der Waals surface area contributed by atoms with Gasteiger partial charge in [-0.2, -0.15) is 0 Å². The van der Waals surface area contributed by atoms with Crippen LogP contribution in [0.25, 0.3) is 0 Å². The predicted octanol–water partition coefficient (Wildman–Crippen LogP) is -3.00. The number of nitrogens with two attached hydrogens (primary N) is 4. The molecule has 10 heteroatoms. The smallest absolute Gasteiger partial charge is 0.314 e. The lowest BCUT2D eigenvalue weighted by atomic mass is 10.4. The molecule has 10 N–H and O–H groups in total. The van der Waals surface area contributed by atoms with Crippen molar-refractivity contribution in [2.75, 3.05) is 13.1 Å². The van der Waals surface area contributed by atoms with E-state index < -0.39 is 8.25 Å². The molecule has 0 spiro atoms. The van der Waals surface area contributed by atoms with E-state index in [4.69, 9.17) is 25.8 Å². The number of hydrogen-bond acceptors (Lipinski definition) is 5. The number of carbonyl (C=O) groups excluding carboxylic acids is 2. The molecule has 0 fully saturated rings. The predicted molar refractivity (Wildman–Crippen MR) is 59.2 cm³/mol. The Balaban J connectivity index is -0.000000162. The number of primary amides is 2. The summed E-state index contributed by atoms with van der Waals surface area (Å²) in [5.74, 6) is -0.671. The van der Waals surface area contributed by atoms with Crippen molar-refractivity contribution < 1.29 is 23.9 Å². The molecule has 0 aliphatic rings. The summed E-state index contributed by atoms with van der Waals surface area (Å²) in [7, 11) is -3.13. The van der Waals surface area contributed by atoms with E-state index in [9.17, 15) is 9.59 Å². The van der Waals surface area contributed by atoms with Crippen molar-refractivity contribution in [3.05, 3.63) is 0 Å². The van der Waals surface area contributed by atoms with Gasteiger partial charge in [-0.3, -0.25) is 14.2 Å². The zero-order valence-electron chi connectivity index (χ0n) is 8.76. The molecule has 98 valence electrons. The molecule has 0 atom stereocenters. The first-order valence-electron chi connectivity index (χ1n) is 4.16. The Bertz CT molecular complexity index is 193. The average Bonchev–Trinajstić information content (AvgIpc) is 2.02. The van der Waals surface area contributed by atoms with E-state index in [1.54, 1.807) is 0 Å². The normalized spacial score (nSPS) is 8.31. The summed E-state index contributed by atoms with van der Waals surface area (Å²) in [6.45, 7) is 0.713. The zero-order chi connectivity index (χ0) is 13.6. The summed E-state index contributed by atoms with van der Waals surface area (Å²) in [5, 5.41) is 0. The first kappa shape index (κ1) is 20.4. The summed E-state index contributed by atoms with van der Waals surface area (Å²) < 4.78 is 8.74. The van der Waals surface area contributed by atoms with Crippen LogP contribution >= 0.6 is 8.25 Å². The Kier molecular flexibility index (Phi) is 21.0. The molecule has 0 aliphatic carbocycles. The van der Waals surface area contributed by atoms with Gasteiger partial charge in [-0.15, -0.1) is 0 Å². The van der Waals surface area contributed by atoms with Gasteiger partial charge < -0.3 is 32.7 Å². The second kappa shape index (κ2) is 16.4. The van der Waals surface area contributed by atoms with Crippen LogP contribution in [0.5, 0.6) is 0 Å². The fourth-order valence-electron chi connectivity index (χ4n) is 0.285. The molecule has 0 aliphatic heterocycles. The summed E-state index contributed by atoms with van der Waals surface area (Å²) in [6, 6.07) is 0. The van der Waals surface area contributed by atoms with Gasteiger partial charge in [-0.05, 0) is 0 Å². The molecule has 0 saturated carbocycles. The first-order chi connectivity index (χ1) is 7.27. The molecule has 0 unspecified atom stereocenters. The molecule has 0 saturated heterocycles. The minimum absolute atomic E-state index is 0.292. The Hall–Kier alpha value is -0.990. The van der Waals surface area contributed by atoms with Gasteiger partial charge in [0.1, 0.15) is 0 Å². The zero-order valence-corrected chi connectivity index (χ0v) is 9.76. The van der Waals surface area contributed by atoms with Crippen LogP contribution in [0.15, 0.2) is 0 Å². The molecule has 0 aromatic carbocycles. The van der Waals surface area contributed by atoms with Gasteiger partial charge in [0.15, 0.2) is 0 Å². The van der Waals surface area contributed by atoms with Crippen LogP contribution in [-0.2, 0) is 14.2 Å². The van der Waals surface area contributed by atoms with Crippen molar-refractivity contribution in [3.63, 3.8) is 0 Å². The van der Waals surface area contributed by atoms with Gasteiger partial charge in [-0.25, -0.2) is 0 Å². The lowest BCUT2D eigenvalue weighted by Gasteiger charge is -1.82. The van der Waals surface area contributed by atoms with E-state index in [0.717, 1.165) is 0 Å². The maximum atomic E-state index is 9.74. The minimum Gasteiger partial charge on any atom is -0.370 e. The van der Waals surface area contributed by atoms with Crippen LogP contribution in [0.1, 0.15) is 12.8 Å². The third-order valence-electron chi connectivity index (χ3n) is 0.781. The van der Waals surface area contributed by atoms with Crippen LogP contribution in [-0.4, -0.2) is 34.7 Å². The first-order valence-corrected chi connectivity index (χ1v) is 5.46. The second-order valence-electron chi connectivity index (χ2n) is 2.29. The molecule has 9 nitrogen and oxygen atoms in total. The fourth-order valence-corrected chi connectivity index (χ4v) is 0.285. The van der Waals surface area contributed by atoms with Crippen molar-refractivity contribution in [2.45, 2.75) is 12.8 Å². The maximum absolute atomic E-state index is 9.74. The van der Waals surface area contributed by atoms with E-state index in [-0.39, 0.29) is 11.8 Å². The van der Waals surface area contributed by atoms with Crippen molar-refractivity contribution in [2.24, 2.45) is 22.9 Å². The number of hydrogen-bond donors (Lipinski definition) is 6. The van der Waals surface area contributed by atoms with Crippen LogP contribution in [0.3, 0.4) is 0 Å². The van der Waals surface area contributed by atoms with E-state index >= 15 is 0 Å². The van der Waals surface area contributed by atoms with Crippen LogP contribution in [0.2, 0.25) is 0 Å². The molecule has 0 radical (unpaired) electrons. The highest BCUT2D eigenvalue weighted by Gasteiger charge is 1.85. The SMILES string of the molecule is NCCC(N)=O.NCCC(N)=O.O=[PH](O)O. The second-order valence-corrected chi connectivity index (χ2v) is 2.86. The molecule has 0 aromatic rings. The third kappa shape index (κ3) is 74.8. The topological polar surface area (TPSA) is 196 Å². The molecule has 0 aromatic heterocycles. The largest absolute Gasteiger partial charge is 0.370 e.